The average molecular weight is 344 g/mol. The molecule has 0 unspecified atom stereocenters. The molecule has 1 aromatic carbocycles. The number of amides is 1. The Balaban J connectivity index is 1.42. The molecule has 1 aromatic rings. The molecule has 0 saturated carbocycles. The second-order valence-corrected chi connectivity index (χ2v) is 7.50. The van der Waals surface area contributed by atoms with Gasteiger partial charge < -0.3 is 14.7 Å². The molecule has 4 rings (SSSR count). The number of carbonyl (C=O) groups is 2. The van der Waals surface area contributed by atoms with E-state index in [1.54, 1.807) is 4.90 Å². The van der Waals surface area contributed by atoms with Crippen LogP contribution in [-0.4, -0.2) is 66.2 Å². The fourth-order valence-electron chi connectivity index (χ4n) is 4.46. The van der Waals surface area contributed by atoms with Crippen molar-refractivity contribution in [3.63, 3.8) is 0 Å². The Morgan fingerprint density at radius 2 is 2.08 bits per heavy atom. The molecule has 0 bridgehead atoms. The van der Waals surface area contributed by atoms with E-state index in [0.29, 0.717) is 26.1 Å². The lowest BCUT2D eigenvalue weighted by atomic mass is 9.76. The van der Waals surface area contributed by atoms with Gasteiger partial charge in [-0.25, -0.2) is 0 Å². The van der Waals surface area contributed by atoms with Crippen molar-refractivity contribution in [2.75, 3.05) is 39.4 Å². The number of fused-ring (bicyclic) bond motifs is 2. The number of hydrogen-bond donors (Lipinski definition) is 1. The molecule has 2 atom stereocenters. The maximum Gasteiger partial charge on any atom is 0.314 e. The first kappa shape index (κ1) is 16.5. The monoisotopic (exact) mass is 344 g/mol. The van der Waals surface area contributed by atoms with Crippen LogP contribution in [0.3, 0.4) is 0 Å². The summed E-state index contributed by atoms with van der Waals surface area (Å²) in [4.78, 5) is 28.5. The number of benzene rings is 1. The van der Waals surface area contributed by atoms with Crippen LogP contribution < -0.4 is 0 Å². The topological polar surface area (TPSA) is 70.1 Å². The molecule has 6 nitrogen and oxygen atoms in total. The first-order chi connectivity index (χ1) is 12.1. The van der Waals surface area contributed by atoms with Gasteiger partial charge in [-0.2, -0.15) is 0 Å². The zero-order valence-corrected chi connectivity index (χ0v) is 14.3. The van der Waals surface area contributed by atoms with Crippen LogP contribution in [0.2, 0.25) is 0 Å². The minimum Gasteiger partial charge on any atom is -0.481 e. The number of carboxylic acids is 1. The van der Waals surface area contributed by atoms with Gasteiger partial charge in [0.2, 0.25) is 5.91 Å². The fourth-order valence-corrected chi connectivity index (χ4v) is 4.46. The quantitative estimate of drug-likeness (QED) is 0.886. The Morgan fingerprint density at radius 1 is 1.28 bits per heavy atom. The average Bonchev–Trinajstić information content (AvgIpc) is 3.03. The molecular weight excluding hydrogens is 320 g/mol. The van der Waals surface area contributed by atoms with E-state index in [1.807, 2.05) is 6.07 Å². The predicted octanol–water partition coefficient (Wildman–Crippen LogP) is 0.994. The molecule has 1 amide bonds. The normalized spacial score (nSPS) is 29.1. The molecule has 0 aromatic heterocycles. The van der Waals surface area contributed by atoms with E-state index in [9.17, 15) is 14.7 Å². The predicted molar refractivity (Wildman–Crippen MR) is 91.0 cm³/mol. The Labute approximate surface area is 147 Å². The molecule has 3 aliphatic rings. The Morgan fingerprint density at radius 3 is 2.84 bits per heavy atom. The van der Waals surface area contributed by atoms with Crippen LogP contribution in [0, 0.1) is 11.3 Å². The fraction of sp³-hybridized carbons (Fsp3) is 0.579. The first-order valence-corrected chi connectivity index (χ1v) is 8.96. The summed E-state index contributed by atoms with van der Waals surface area (Å²) in [5.41, 5.74) is 1.73. The third kappa shape index (κ3) is 2.93. The van der Waals surface area contributed by atoms with E-state index < -0.39 is 11.4 Å². The van der Waals surface area contributed by atoms with Crippen molar-refractivity contribution in [2.24, 2.45) is 11.3 Å². The summed E-state index contributed by atoms with van der Waals surface area (Å²) in [7, 11) is 0. The lowest BCUT2D eigenvalue weighted by Crippen LogP contribution is -2.47. The minimum atomic E-state index is -0.914. The van der Waals surface area contributed by atoms with E-state index in [4.69, 9.17) is 4.74 Å². The molecule has 134 valence electrons. The molecule has 1 N–H and O–H groups in total. The van der Waals surface area contributed by atoms with Crippen molar-refractivity contribution in [1.82, 2.24) is 9.80 Å². The van der Waals surface area contributed by atoms with Gasteiger partial charge in [0.25, 0.3) is 0 Å². The molecule has 0 radical (unpaired) electrons. The van der Waals surface area contributed by atoms with E-state index in [1.165, 1.54) is 11.1 Å². The first-order valence-electron chi connectivity index (χ1n) is 8.96. The number of aliphatic carboxylic acids is 1. The lowest BCUT2D eigenvalue weighted by molar-refractivity contribution is -0.160. The van der Waals surface area contributed by atoms with E-state index in [2.05, 4.69) is 23.1 Å². The van der Waals surface area contributed by atoms with Crippen molar-refractivity contribution in [2.45, 2.75) is 19.4 Å². The van der Waals surface area contributed by atoms with Crippen molar-refractivity contribution in [3.8, 4) is 0 Å². The van der Waals surface area contributed by atoms with Crippen LogP contribution in [0.25, 0.3) is 0 Å². The standard InChI is InChI=1S/C19H24N2O4/c22-17(11-20-7-5-14-3-1-2-4-15(14)9-20)21-10-16-6-8-25-13-19(16,12-21)18(23)24/h1-4,16H,5-13H2,(H,23,24)/t16-,19+/m0/s1. The van der Waals surface area contributed by atoms with Crippen molar-refractivity contribution in [3.05, 3.63) is 35.4 Å². The molecular formula is C19H24N2O4. The van der Waals surface area contributed by atoms with Crippen LogP contribution in [0.15, 0.2) is 24.3 Å². The summed E-state index contributed by atoms with van der Waals surface area (Å²) in [6.45, 7) is 3.63. The minimum absolute atomic E-state index is 0.00443. The molecule has 25 heavy (non-hydrogen) atoms. The van der Waals surface area contributed by atoms with Gasteiger partial charge >= 0.3 is 5.97 Å². The van der Waals surface area contributed by atoms with E-state index in [0.717, 1.165) is 19.5 Å². The highest BCUT2D eigenvalue weighted by atomic mass is 16.5. The van der Waals surface area contributed by atoms with Crippen LogP contribution in [0.1, 0.15) is 17.5 Å². The van der Waals surface area contributed by atoms with Gasteiger partial charge in [0, 0.05) is 32.8 Å². The second kappa shape index (κ2) is 6.42. The van der Waals surface area contributed by atoms with Gasteiger partial charge in [-0.1, -0.05) is 24.3 Å². The smallest absolute Gasteiger partial charge is 0.314 e. The summed E-state index contributed by atoms with van der Waals surface area (Å²) >= 11 is 0. The van der Waals surface area contributed by atoms with Crippen LogP contribution in [0.5, 0.6) is 0 Å². The third-order valence-corrected chi connectivity index (χ3v) is 6.01. The summed E-state index contributed by atoms with van der Waals surface area (Å²) in [5, 5.41) is 9.70. The molecule has 2 fully saturated rings. The van der Waals surface area contributed by atoms with Gasteiger partial charge in [0.1, 0.15) is 5.41 Å². The summed E-state index contributed by atoms with van der Waals surface area (Å²) in [5.74, 6) is -0.793. The van der Waals surface area contributed by atoms with E-state index in [-0.39, 0.29) is 25.0 Å². The van der Waals surface area contributed by atoms with Gasteiger partial charge in [-0.3, -0.25) is 14.5 Å². The van der Waals surface area contributed by atoms with E-state index >= 15 is 0 Å². The third-order valence-electron chi connectivity index (χ3n) is 6.01. The van der Waals surface area contributed by atoms with Crippen LogP contribution >= 0.6 is 0 Å². The molecule has 3 aliphatic heterocycles. The summed E-state index contributed by atoms with van der Waals surface area (Å²) in [6.07, 6.45) is 1.67. The van der Waals surface area contributed by atoms with Gasteiger partial charge in [-0.15, -0.1) is 0 Å². The summed E-state index contributed by atoms with van der Waals surface area (Å²) < 4.78 is 5.44. The van der Waals surface area contributed by atoms with Crippen molar-refractivity contribution in [1.29, 1.82) is 0 Å². The highest BCUT2D eigenvalue weighted by Crippen LogP contribution is 2.41. The molecule has 2 saturated heterocycles. The number of carboxylic acid groups (broad SMARTS) is 1. The molecule has 0 aliphatic carbocycles. The second-order valence-electron chi connectivity index (χ2n) is 7.50. The SMILES string of the molecule is O=C(CN1CCc2ccccc2C1)N1C[C@@H]2CCOC[C@]2(C(=O)O)C1. The maximum atomic E-state index is 12.8. The number of carbonyl (C=O) groups excluding carboxylic acids is 1. The maximum absolute atomic E-state index is 12.8. The number of hydrogen-bond acceptors (Lipinski definition) is 4. The Bertz CT molecular complexity index is 692. The Kier molecular flexibility index (Phi) is 4.25. The van der Waals surface area contributed by atoms with Gasteiger partial charge in [-0.05, 0) is 29.9 Å². The van der Waals surface area contributed by atoms with Gasteiger partial charge in [0.15, 0.2) is 0 Å². The van der Waals surface area contributed by atoms with Crippen molar-refractivity contribution >= 4 is 11.9 Å². The number of ether oxygens (including phenoxy) is 1. The van der Waals surface area contributed by atoms with Crippen LogP contribution in [0.4, 0.5) is 0 Å². The highest BCUT2D eigenvalue weighted by Gasteiger charge is 2.55. The molecule has 3 heterocycles. The van der Waals surface area contributed by atoms with Crippen molar-refractivity contribution < 1.29 is 19.4 Å². The number of nitrogens with zero attached hydrogens (tertiary/aromatic N) is 2. The number of rotatable bonds is 3. The summed E-state index contributed by atoms with van der Waals surface area (Å²) in [6, 6.07) is 8.36. The largest absolute Gasteiger partial charge is 0.481 e. The van der Waals surface area contributed by atoms with Crippen LogP contribution in [-0.2, 0) is 27.3 Å². The lowest BCUT2D eigenvalue weighted by Gasteiger charge is -2.33. The number of likely N-dealkylation sites (tertiary alicyclic amines) is 1. The molecule has 6 heteroatoms. The molecule has 0 spiro atoms. The highest BCUT2D eigenvalue weighted by molar-refractivity contribution is 5.82. The Hall–Kier alpha value is -1.92. The zero-order valence-electron chi connectivity index (χ0n) is 14.3. The zero-order chi connectivity index (χ0) is 17.4. The van der Waals surface area contributed by atoms with Gasteiger partial charge in [0.05, 0.1) is 13.2 Å².